The summed E-state index contributed by atoms with van der Waals surface area (Å²) in [5.74, 6) is 2.18. The molecule has 0 heterocycles. The maximum atomic E-state index is 13.0. The summed E-state index contributed by atoms with van der Waals surface area (Å²) in [4.78, 5) is 0. The van der Waals surface area contributed by atoms with Crippen LogP contribution < -0.4 is 29.6 Å². The van der Waals surface area contributed by atoms with Gasteiger partial charge in [-0.05, 0) is 68.1 Å². The molecule has 1 atom stereocenters. The second-order valence-electron chi connectivity index (χ2n) is 7.88. The third-order valence-electron chi connectivity index (χ3n) is 5.78. The molecule has 4 fully saturated rings. The van der Waals surface area contributed by atoms with Crippen LogP contribution in [-0.2, 0) is 14.9 Å². The molecule has 9 heteroatoms. The first-order valence-corrected chi connectivity index (χ1v) is 9.58. The zero-order chi connectivity index (χ0) is 16.9. The zero-order valence-electron chi connectivity index (χ0n) is 13.9. The predicted octanol–water partition coefficient (Wildman–Crippen LogP) is -0.888. The van der Waals surface area contributed by atoms with E-state index >= 15 is 0 Å². The fraction of sp³-hybridized carbons (Fsp3) is 1.00. The van der Waals surface area contributed by atoms with E-state index in [2.05, 4.69) is 4.74 Å². The third kappa shape index (κ3) is 4.50. The van der Waals surface area contributed by atoms with Crippen molar-refractivity contribution >= 4 is 10.1 Å². The maximum Gasteiger partial charge on any atom is 1.00 e. The fourth-order valence-electron chi connectivity index (χ4n) is 5.48. The quantitative estimate of drug-likeness (QED) is 0.460. The Kier molecular flexibility index (Phi) is 6.44. The van der Waals surface area contributed by atoms with Gasteiger partial charge in [0.2, 0.25) is 0 Å². The number of ether oxygens (including phenoxy) is 1. The Morgan fingerprint density at radius 3 is 2.04 bits per heavy atom. The fourth-order valence-corrected chi connectivity index (χ4v) is 5.71. The molecule has 5 nitrogen and oxygen atoms in total. The van der Waals surface area contributed by atoms with E-state index in [4.69, 9.17) is 0 Å². The van der Waals surface area contributed by atoms with Crippen LogP contribution in [0.15, 0.2) is 0 Å². The number of alkyl halides is 2. The second kappa shape index (κ2) is 7.37. The predicted molar refractivity (Wildman–Crippen MR) is 76.7 cm³/mol. The van der Waals surface area contributed by atoms with Crippen LogP contribution >= 0.6 is 0 Å². The van der Waals surface area contributed by atoms with Gasteiger partial charge >= 0.3 is 34.8 Å². The number of aliphatic hydroxyl groups excluding tert-OH is 1. The van der Waals surface area contributed by atoms with E-state index in [1.54, 1.807) is 0 Å². The van der Waals surface area contributed by atoms with Crippen molar-refractivity contribution in [3.8, 4) is 0 Å². The first-order chi connectivity index (χ1) is 10.6. The molecule has 4 bridgehead atoms. The Bertz CT molecular complexity index is 519. The molecule has 1 unspecified atom stereocenters. The van der Waals surface area contributed by atoms with Gasteiger partial charge in [-0.3, -0.25) is 0 Å². The molecule has 4 aliphatic rings. The van der Waals surface area contributed by atoms with Crippen molar-refractivity contribution in [2.75, 3.05) is 13.2 Å². The van der Waals surface area contributed by atoms with Crippen LogP contribution in [-0.4, -0.2) is 42.6 Å². The van der Waals surface area contributed by atoms with Crippen LogP contribution in [0.3, 0.4) is 0 Å². The number of aliphatic hydroxyl groups is 1. The minimum Gasteiger partial charge on any atom is -0.743 e. The molecule has 0 saturated heterocycles. The molecule has 0 aromatic heterocycles. The Balaban J connectivity index is 0.00000208. The molecule has 0 radical (unpaired) electrons. The molecule has 0 aromatic rings. The van der Waals surface area contributed by atoms with Gasteiger partial charge in [-0.15, -0.1) is 0 Å². The van der Waals surface area contributed by atoms with Gasteiger partial charge in [-0.25, -0.2) is 8.42 Å². The van der Waals surface area contributed by atoms with E-state index in [1.165, 1.54) is 19.3 Å². The number of rotatable bonds is 7. The first kappa shape index (κ1) is 21.0. The summed E-state index contributed by atoms with van der Waals surface area (Å²) in [6, 6.07) is 0. The average Bonchev–Trinajstić information content (AvgIpc) is 2.34. The van der Waals surface area contributed by atoms with Gasteiger partial charge in [0.25, 0.3) is 0 Å². The summed E-state index contributed by atoms with van der Waals surface area (Å²) in [6.45, 7) is -1.87. The third-order valence-corrected chi connectivity index (χ3v) is 6.63. The monoisotopic (exact) mass is 376 g/mol. The Labute approximate surface area is 163 Å². The number of hydrogen-bond acceptors (Lipinski definition) is 5. The molecule has 0 amide bonds. The smallest absolute Gasteiger partial charge is 0.743 e. The van der Waals surface area contributed by atoms with Gasteiger partial charge in [0.05, 0.1) is 12.7 Å². The van der Waals surface area contributed by atoms with Crippen LogP contribution in [0.4, 0.5) is 8.78 Å². The zero-order valence-corrected chi connectivity index (χ0v) is 16.7. The van der Waals surface area contributed by atoms with Crippen molar-refractivity contribution in [1.29, 1.82) is 0 Å². The summed E-state index contributed by atoms with van der Waals surface area (Å²) in [6.07, 6.45) is 6.69. The van der Waals surface area contributed by atoms with E-state index in [0.29, 0.717) is 6.42 Å². The standard InChI is InChI=1S/C15H24F2O5S.Na/c16-15(17,23(19,20)21)9-22-8-13(18)7-14-4-10-1-11(5-14)3-12(2-10)6-14;/h10-13,18H,1-9H2,(H,19,20,21);/q;+1/p-1. The summed E-state index contributed by atoms with van der Waals surface area (Å²) in [5.41, 5.74) is 0.0880. The van der Waals surface area contributed by atoms with Crippen molar-refractivity contribution in [3.05, 3.63) is 0 Å². The van der Waals surface area contributed by atoms with E-state index in [-0.39, 0.29) is 41.6 Å². The average molecular weight is 376 g/mol. The molecule has 0 aliphatic heterocycles. The summed E-state index contributed by atoms with van der Waals surface area (Å²) in [7, 11) is -5.73. The Morgan fingerprint density at radius 2 is 1.62 bits per heavy atom. The summed E-state index contributed by atoms with van der Waals surface area (Å²) >= 11 is 0. The van der Waals surface area contributed by atoms with Gasteiger partial charge in [0.1, 0.15) is 6.61 Å². The van der Waals surface area contributed by atoms with Crippen LogP contribution in [0.1, 0.15) is 44.9 Å². The van der Waals surface area contributed by atoms with Crippen LogP contribution in [0.25, 0.3) is 0 Å². The van der Waals surface area contributed by atoms with Crippen molar-refractivity contribution < 1.29 is 61.2 Å². The largest absolute Gasteiger partial charge is 1.00 e. The summed E-state index contributed by atoms with van der Waals surface area (Å²) in [5, 5.41) is 5.66. The molecule has 24 heavy (non-hydrogen) atoms. The van der Waals surface area contributed by atoms with Crippen LogP contribution in [0.5, 0.6) is 0 Å². The SMILES string of the molecule is O=S(=O)([O-])C(F)(F)COCC(O)CC12CC3CC(CC(C3)C1)C2.[Na+]. The van der Waals surface area contributed by atoms with Crippen molar-refractivity contribution in [2.24, 2.45) is 23.2 Å². The molecule has 1 N–H and O–H groups in total. The van der Waals surface area contributed by atoms with E-state index < -0.39 is 28.1 Å². The number of halogens is 2. The molecule has 134 valence electrons. The van der Waals surface area contributed by atoms with Crippen molar-refractivity contribution in [3.63, 3.8) is 0 Å². The Morgan fingerprint density at radius 1 is 1.17 bits per heavy atom. The molecule has 4 aliphatic carbocycles. The maximum absolute atomic E-state index is 13.0. The molecule has 0 spiro atoms. The topological polar surface area (TPSA) is 86.7 Å². The van der Waals surface area contributed by atoms with Gasteiger partial charge in [-0.1, -0.05) is 0 Å². The van der Waals surface area contributed by atoms with Crippen LogP contribution in [0, 0.1) is 23.2 Å². The van der Waals surface area contributed by atoms with Gasteiger partial charge < -0.3 is 14.4 Å². The van der Waals surface area contributed by atoms with E-state index in [1.807, 2.05) is 0 Å². The van der Waals surface area contributed by atoms with E-state index in [0.717, 1.165) is 37.0 Å². The molecule has 4 rings (SSSR count). The van der Waals surface area contributed by atoms with Crippen molar-refractivity contribution in [1.82, 2.24) is 0 Å². The molecule has 4 saturated carbocycles. The molecular formula is C15H23F2NaO5S. The van der Waals surface area contributed by atoms with Crippen molar-refractivity contribution in [2.45, 2.75) is 56.3 Å². The second-order valence-corrected chi connectivity index (χ2v) is 9.39. The Hall–Kier alpha value is 0.690. The molecular weight excluding hydrogens is 353 g/mol. The minimum atomic E-state index is -5.73. The minimum absolute atomic E-state index is 0. The molecule has 0 aromatic carbocycles. The van der Waals surface area contributed by atoms with E-state index in [9.17, 15) is 26.9 Å². The first-order valence-electron chi connectivity index (χ1n) is 8.18. The van der Waals surface area contributed by atoms with Gasteiger partial charge in [-0.2, -0.15) is 8.78 Å². The number of hydrogen-bond donors (Lipinski definition) is 1. The van der Waals surface area contributed by atoms with Gasteiger partial charge in [0, 0.05) is 0 Å². The van der Waals surface area contributed by atoms with Crippen LogP contribution in [0.2, 0.25) is 0 Å². The summed E-state index contributed by atoms with van der Waals surface area (Å²) < 4.78 is 61.7. The van der Waals surface area contributed by atoms with Gasteiger partial charge in [0.15, 0.2) is 10.1 Å². The normalized spacial score (nSPS) is 36.4.